The van der Waals surface area contributed by atoms with Crippen LogP contribution in [-0.2, 0) is 13.0 Å². The quantitative estimate of drug-likeness (QED) is 0.395. The number of nitrogens with one attached hydrogen (secondary N) is 1. The molecule has 0 aliphatic carbocycles. The van der Waals surface area contributed by atoms with Crippen molar-refractivity contribution in [1.82, 2.24) is 24.7 Å². The average Bonchev–Trinajstić information content (AvgIpc) is 3.45. The number of imidazole rings is 1. The maximum atomic E-state index is 5.65. The van der Waals surface area contributed by atoms with Crippen molar-refractivity contribution < 1.29 is 9.47 Å². The van der Waals surface area contributed by atoms with Crippen molar-refractivity contribution in [3.8, 4) is 23.1 Å². The zero-order valence-corrected chi connectivity index (χ0v) is 18.9. The van der Waals surface area contributed by atoms with E-state index in [1.807, 2.05) is 48.5 Å². The summed E-state index contributed by atoms with van der Waals surface area (Å²) in [6.07, 6.45) is 0.658. The Morgan fingerprint density at radius 1 is 0.909 bits per heavy atom. The van der Waals surface area contributed by atoms with Crippen LogP contribution in [0.3, 0.4) is 0 Å². The molecule has 0 atom stereocenters. The van der Waals surface area contributed by atoms with Crippen LogP contribution in [0.5, 0.6) is 11.5 Å². The van der Waals surface area contributed by atoms with E-state index in [0.717, 1.165) is 39.5 Å². The van der Waals surface area contributed by atoms with Gasteiger partial charge in [0, 0.05) is 18.1 Å². The van der Waals surface area contributed by atoms with E-state index in [-0.39, 0.29) is 0 Å². The Bertz CT molecular complexity index is 1410. The third-order valence-corrected chi connectivity index (χ3v) is 5.78. The number of benzene rings is 3. The smallest absolute Gasteiger partial charge is 0.200 e. The molecule has 0 bridgehead atoms. The Hall–Kier alpha value is -4.13. The normalized spacial score (nSPS) is 11.1. The Labute approximate surface area is 192 Å². The Balaban J connectivity index is 1.61. The molecular formula is C26H25N5O2. The van der Waals surface area contributed by atoms with Gasteiger partial charge in [0.05, 0.1) is 31.8 Å². The summed E-state index contributed by atoms with van der Waals surface area (Å²) in [5.41, 5.74) is 5.20. The molecule has 2 heterocycles. The summed E-state index contributed by atoms with van der Waals surface area (Å²) in [5.74, 6) is 3.73. The first-order chi connectivity index (χ1) is 16.2. The maximum absolute atomic E-state index is 5.65. The molecule has 0 aliphatic heterocycles. The second-order valence-electron chi connectivity index (χ2n) is 7.92. The van der Waals surface area contributed by atoms with Crippen molar-refractivity contribution in [3.63, 3.8) is 0 Å². The van der Waals surface area contributed by atoms with Crippen LogP contribution in [0.1, 0.15) is 22.5 Å². The van der Waals surface area contributed by atoms with Crippen LogP contribution in [0.4, 0.5) is 0 Å². The fraction of sp³-hybridized carbons (Fsp3) is 0.192. The number of methoxy groups -OCH3 is 2. The number of aromatic nitrogens is 5. The molecule has 0 radical (unpaired) electrons. The summed E-state index contributed by atoms with van der Waals surface area (Å²) in [6, 6.07) is 22.2. The van der Waals surface area contributed by atoms with Gasteiger partial charge in [-0.25, -0.2) is 4.98 Å². The van der Waals surface area contributed by atoms with Crippen molar-refractivity contribution in [3.05, 3.63) is 89.2 Å². The molecule has 5 aromatic rings. The van der Waals surface area contributed by atoms with Gasteiger partial charge < -0.3 is 19.0 Å². The molecule has 1 N–H and O–H groups in total. The molecule has 0 fully saturated rings. The van der Waals surface area contributed by atoms with E-state index in [0.29, 0.717) is 24.6 Å². The maximum Gasteiger partial charge on any atom is 0.200 e. The molecule has 0 saturated carbocycles. The minimum atomic E-state index is 0.535. The fourth-order valence-corrected chi connectivity index (χ4v) is 4.02. The second kappa shape index (κ2) is 8.78. The number of aromatic amines is 1. The van der Waals surface area contributed by atoms with E-state index in [4.69, 9.17) is 14.5 Å². The lowest BCUT2D eigenvalue weighted by Gasteiger charge is -2.14. The first-order valence-electron chi connectivity index (χ1n) is 10.8. The number of nitrogens with zero attached hydrogens (tertiary/aromatic N) is 4. The number of para-hydroxylation sites is 1. The molecule has 33 heavy (non-hydrogen) atoms. The summed E-state index contributed by atoms with van der Waals surface area (Å²) >= 11 is 0. The summed E-state index contributed by atoms with van der Waals surface area (Å²) < 4.78 is 13.1. The third kappa shape index (κ3) is 4.05. The van der Waals surface area contributed by atoms with Crippen molar-refractivity contribution >= 4 is 11.0 Å². The van der Waals surface area contributed by atoms with Gasteiger partial charge in [-0.2, -0.15) is 0 Å². The van der Waals surface area contributed by atoms with Crippen LogP contribution in [-0.4, -0.2) is 39.0 Å². The van der Waals surface area contributed by atoms with Gasteiger partial charge in [-0.3, -0.25) is 0 Å². The highest BCUT2D eigenvalue weighted by Crippen LogP contribution is 2.28. The standard InChI is InChI=1S/C26H25N5O2/c1-17-8-7-11-21-24(17)28-25(27-21)26-30-29-23(14-18-9-5-4-6-10-18)31(26)16-19-12-13-20(32-2)15-22(19)33-3/h4-13,15H,14,16H2,1-3H3,(H,27,28). The number of hydrogen-bond acceptors (Lipinski definition) is 5. The van der Waals surface area contributed by atoms with Gasteiger partial charge in [0.1, 0.15) is 17.3 Å². The molecule has 0 saturated heterocycles. The van der Waals surface area contributed by atoms with E-state index in [2.05, 4.69) is 44.9 Å². The molecule has 0 spiro atoms. The highest BCUT2D eigenvalue weighted by Gasteiger charge is 2.19. The van der Waals surface area contributed by atoms with E-state index >= 15 is 0 Å². The molecule has 166 valence electrons. The van der Waals surface area contributed by atoms with E-state index in [1.165, 1.54) is 5.56 Å². The van der Waals surface area contributed by atoms with Crippen molar-refractivity contribution in [2.75, 3.05) is 14.2 Å². The largest absolute Gasteiger partial charge is 0.497 e. The first-order valence-corrected chi connectivity index (χ1v) is 10.8. The Kier molecular flexibility index (Phi) is 5.52. The molecule has 0 aliphatic rings. The third-order valence-electron chi connectivity index (χ3n) is 5.78. The number of aryl methyl sites for hydroxylation is 1. The van der Waals surface area contributed by atoms with Gasteiger partial charge in [0.15, 0.2) is 11.6 Å². The fourth-order valence-electron chi connectivity index (χ4n) is 4.02. The molecule has 0 amide bonds. The number of fused-ring (bicyclic) bond motifs is 1. The van der Waals surface area contributed by atoms with Crippen LogP contribution in [0, 0.1) is 6.92 Å². The summed E-state index contributed by atoms with van der Waals surface area (Å²) in [4.78, 5) is 8.26. The predicted molar refractivity (Wildman–Crippen MR) is 128 cm³/mol. The predicted octanol–water partition coefficient (Wildman–Crippen LogP) is 4.79. The first kappa shape index (κ1) is 20.8. The van der Waals surface area contributed by atoms with Crippen LogP contribution < -0.4 is 9.47 Å². The van der Waals surface area contributed by atoms with E-state index in [9.17, 15) is 0 Å². The average molecular weight is 440 g/mol. The summed E-state index contributed by atoms with van der Waals surface area (Å²) in [5, 5.41) is 9.10. The van der Waals surface area contributed by atoms with Gasteiger partial charge in [-0.1, -0.05) is 42.5 Å². The van der Waals surface area contributed by atoms with E-state index < -0.39 is 0 Å². The second-order valence-corrected chi connectivity index (χ2v) is 7.92. The monoisotopic (exact) mass is 439 g/mol. The number of hydrogen-bond donors (Lipinski definition) is 1. The van der Waals surface area contributed by atoms with Crippen LogP contribution >= 0.6 is 0 Å². The van der Waals surface area contributed by atoms with Gasteiger partial charge in [-0.15, -0.1) is 10.2 Å². The minimum absolute atomic E-state index is 0.535. The summed E-state index contributed by atoms with van der Waals surface area (Å²) in [7, 11) is 3.31. The zero-order valence-electron chi connectivity index (χ0n) is 18.9. The summed E-state index contributed by atoms with van der Waals surface area (Å²) in [6.45, 7) is 2.59. The lowest BCUT2D eigenvalue weighted by atomic mass is 10.1. The molecule has 3 aromatic carbocycles. The molecule has 7 nitrogen and oxygen atoms in total. The van der Waals surface area contributed by atoms with Crippen molar-refractivity contribution in [2.45, 2.75) is 19.9 Å². The highest BCUT2D eigenvalue weighted by molar-refractivity contribution is 5.81. The van der Waals surface area contributed by atoms with Gasteiger partial charge in [-0.05, 0) is 36.2 Å². The molecule has 7 heteroatoms. The minimum Gasteiger partial charge on any atom is -0.497 e. The SMILES string of the molecule is COc1ccc(Cn2c(Cc3ccccc3)nnc2-c2nc3c(C)cccc3[nH]2)c(OC)c1. The lowest BCUT2D eigenvalue weighted by Crippen LogP contribution is -2.09. The van der Waals surface area contributed by atoms with Crippen LogP contribution in [0.25, 0.3) is 22.7 Å². The van der Waals surface area contributed by atoms with Crippen molar-refractivity contribution in [1.29, 1.82) is 0 Å². The Morgan fingerprint density at radius 3 is 2.52 bits per heavy atom. The van der Waals surface area contributed by atoms with Gasteiger partial charge in [0.2, 0.25) is 0 Å². The molecular weight excluding hydrogens is 414 g/mol. The van der Waals surface area contributed by atoms with Gasteiger partial charge >= 0.3 is 0 Å². The molecule has 2 aromatic heterocycles. The number of rotatable bonds is 7. The van der Waals surface area contributed by atoms with Crippen LogP contribution in [0.15, 0.2) is 66.7 Å². The zero-order chi connectivity index (χ0) is 22.8. The number of ether oxygens (including phenoxy) is 2. The van der Waals surface area contributed by atoms with Gasteiger partial charge in [0.25, 0.3) is 0 Å². The number of H-pyrrole nitrogens is 1. The highest BCUT2D eigenvalue weighted by atomic mass is 16.5. The molecule has 0 unspecified atom stereocenters. The van der Waals surface area contributed by atoms with Crippen molar-refractivity contribution in [2.24, 2.45) is 0 Å². The topological polar surface area (TPSA) is 77.9 Å². The van der Waals surface area contributed by atoms with Crippen LogP contribution in [0.2, 0.25) is 0 Å². The Morgan fingerprint density at radius 2 is 1.76 bits per heavy atom. The van der Waals surface area contributed by atoms with E-state index in [1.54, 1.807) is 14.2 Å². The molecule has 5 rings (SSSR count). The lowest BCUT2D eigenvalue weighted by molar-refractivity contribution is 0.390.